The molecular formula is C21H20ClN5O. The molecule has 0 aliphatic rings. The van der Waals surface area contributed by atoms with Crippen molar-refractivity contribution in [1.29, 1.82) is 0 Å². The average molecular weight is 394 g/mol. The molecule has 2 heterocycles. The van der Waals surface area contributed by atoms with E-state index in [4.69, 9.17) is 11.6 Å². The second-order valence-electron chi connectivity index (χ2n) is 6.72. The molecule has 0 amide bonds. The van der Waals surface area contributed by atoms with Gasteiger partial charge >= 0.3 is 0 Å². The normalized spacial score (nSPS) is 11.1. The van der Waals surface area contributed by atoms with Crippen molar-refractivity contribution in [2.24, 2.45) is 7.05 Å². The van der Waals surface area contributed by atoms with Gasteiger partial charge in [-0.05, 0) is 17.7 Å². The van der Waals surface area contributed by atoms with E-state index in [-0.39, 0.29) is 10.6 Å². The van der Waals surface area contributed by atoms with Gasteiger partial charge < -0.3 is 9.47 Å². The van der Waals surface area contributed by atoms with Gasteiger partial charge in [0.05, 0.1) is 36.0 Å². The third-order valence-corrected chi connectivity index (χ3v) is 5.17. The highest BCUT2D eigenvalue weighted by atomic mass is 35.5. The Hall–Kier alpha value is -3.12. The maximum Gasteiger partial charge on any atom is 0.287 e. The molecule has 0 radical (unpaired) electrons. The summed E-state index contributed by atoms with van der Waals surface area (Å²) in [6.07, 6.45) is 1.63. The molecule has 0 bridgehead atoms. The lowest BCUT2D eigenvalue weighted by Gasteiger charge is -2.20. The molecule has 7 heteroatoms. The van der Waals surface area contributed by atoms with E-state index in [1.54, 1.807) is 6.20 Å². The molecule has 2 aromatic heterocycles. The van der Waals surface area contributed by atoms with Crippen molar-refractivity contribution >= 4 is 28.3 Å². The molecule has 0 saturated heterocycles. The predicted octanol–water partition coefficient (Wildman–Crippen LogP) is 3.47. The van der Waals surface area contributed by atoms with Crippen LogP contribution in [0.15, 0.2) is 65.6 Å². The maximum atomic E-state index is 12.7. The quantitative estimate of drug-likeness (QED) is 0.521. The van der Waals surface area contributed by atoms with E-state index in [1.807, 2.05) is 78.2 Å². The van der Waals surface area contributed by atoms with Crippen molar-refractivity contribution in [3.63, 3.8) is 0 Å². The van der Waals surface area contributed by atoms with E-state index in [0.29, 0.717) is 18.8 Å². The summed E-state index contributed by atoms with van der Waals surface area (Å²) in [5, 5.41) is 4.47. The van der Waals surface area contributed by atoms with Crippen molar-refractivity contribution < 1.29 is 0 Å². The molecule has 2 aromatic carbocycles. The van der Waals surface area contributed by atoms with E-state index in [9.17, 15) is 4.79 Å². The Morgan fingerprint density at radius 3 is 2.54 bits per heavy atom. The highest BCUT2D eigenvalue weighted by Crippen LogP contribution is 2.23. The van der Waals surface area contributed by atoms with Crippen LogP contribution in [-0.4, -0.2) is 26.4 Å². The molecule has 0 unspecified atom stereocenters. The molecule has 0 N–H and O–H groups in total. The summed E-state index contributed by atoms with van der Waals surface area (Å²) < 4.78 is 3.42. The van der Waals surface area contributed by atoms with Crippen molar-refractivity contribution in [3.05, 3.63) is 87.6 Å². The van der Waals surface area contributed by atoms with Crippen LogP contribution >= 0.6 is 11.6 Å². The Labute approximate surface area is 167 Å². The fourth-order valence-electron chi connectivity index (χ4n) is 3.23. The molecule has 28 heavy (non-hydrogen) atoms. The Balaban J connectivity index is 1.60. The molecular weight excluding hydrogens is 374 g/mol. The van der Waals surface area contributed by atoms with Gasteiger partial charge in [0.25, 0.3) is 5.56 Å². The van der Waals surface area contributed by atoms with Crippen LogP contribution < -0.4 is 10.5 Å². The number of nitrogens with zero attached hydrogens (tertiary/aromatic N) is 5. The number of para-hydroxylation sites is 2. The summed E-state index contributed by atoms with van der Waals surface area (Å²) in [5.74, 6) is 0.883. The number of anilines is 1. The van der Waals surface area contributed by atoms with Gasteiger partial charge in [0, 0.05) is 14.1 Å². The smallest absolute Gasteiger partial charge is 0.287 e. The van der Waals surface area contributed by atoms with Crippen LogP contribution in [-0.2, 0) is 20.1 Å². The van der Waals surface area contributed by atoms with E-state index in [0.717, 1.165) is 22.4 Å². The lowest BCUT2D eigenvalue weighted by Crippen LogP contribution is -2.28. The standard InChI is InChI=1S/C21H20ClN5O/c1-25(14-19-24-16-10-6-7-11-17(16)26(19)2)18-12-23-27(21(28)20(18)22)13-15-8-4-3-5-9-15/h3-12H,13-14H2,1-2H3. The van der Waals surface area contributed by atoms with Gasteiger partial charge in [-0.25, -0.2) is 9.67 Å². The molecule has 0 saturated carbocycles. The molecule has 0 aliphatic carbocycles. The zero-order chi connectivity index (χ0) is 19.7. The van der Waals surface area contributed by atoms with Crippen LogP contribution in [0.5, 0.6) is 0 Å². The first-order valence-electron chi connectivity index (χ1n) is 8.95. The van der Waals surface area contributed by atoms with Crippen molar-refractivity contribution in [2.75, 3.05) is 11.9 Å². The van der Waals surface area contributed by atoms with Gasteiger partial charge in [0.2, 0.25) is 0 Å². The maximum absolute atomic E-state index is 12.7. The second kappa shape index (κ2) is 7.48. The fraction of sp³-hybridized carbons (Fsp3) is 0.190. The third kappa shape index (κ3) is 3.39. The third-order valence-electron chi connectivity index (χ3n) is 4.81. The lowest BCUT2D eigenvalue weighted by molar-refractivity contribution is 0.636. The van der Waals surface area contributed by atoms with Crippen molar-refractivity contribution in [1.82, 2.24) is 19.3 Å². The molecule has 0 spiro atoms. The number of aryl methyl sites for hydroxylation is 1. The highest BCUT2D eigenvalue weighted by Gasteiger charge is 2.16. The van der Waals surface area contributed by atoms with Gasteiger partial charge in [-0.15, -0.1) is 0 Å². The Morgan fingerprint density at radius 1 is 1.07 bits per heavy atom. The van der Waals surface area contributed by atoms with Crippen LogP contribution in [0.1, 0.15) is 11.4 Å². The minimum Gasteiger partial charge on any atom is -0.364 e. The Bertz CT molecular complexity index is 1180. The van der Waals surface area contributed by atoms with Crippen molar-refractivity contribution in [2.45, 2.75) is 13.1 Å². The molecule has 6 nitrogen and oxygen atoms in total. The number of aromatic nitrogens is 4. The van der Waals surface area contributed by atoms with Crippen LogP contribution in [0.3, 0.4) is 0 Å². The van der Waals surface area contributed by atoms with Crippen LogP contribution in [0.4, 0.5) is 5.69 Å². The average Bonchev–Trinajstić information content (AvgIpc) is 3.02. The summed E-state index contributed by atoms with van der Waals surface area (Å²) in [6, 6.07) is 17.7. The number of hydrogen-bond donors (Lipinski definition) is 0. The van der Waals surface area contributed by atoms with Crippen LogP contribution in [0, 0.1) is 0 Å². The number of hydrogen-bond acceptors (Lipinski definition) is 4. The van der Waals surface area contributed by atoms with Gasteiger partial charge in [-0.3, -0.25) is 4.79 Å². The first kappa shape index (κ1) is 18.3. The minimum absolute atomic E-state index is 0.159. The molecule has 0 atom stereocenters. The number of benzene rings is 2. The summed E-state index contributed by atoms with van der Waals surface area (Å²) in [6.45, 7) is 0.892. The molecule has 0 fully saturated rings. The highest BCUT2D eigenvalue weighted by molar-refractivity contribution is 6.33. The first-order valence-corrected chi connectivity index (χ1v) is 9.33. The van der Waals surface area contributed by atoms with Gasteiger partial charge in [-0.2, -0.15) is 5.10 Å². The summed E-state index contributed by atoms with van der Waals surface area (Å²) in [4.78, 5) is 19.3. The monoisotopic (exact) mass is 393 g/mol. The van der Waals surface area contributed by atoms with E-state index < -0.39 is 0 Å². The summed E-state index contributed by atoms with van der Waals surface area (Å²) in [7, 11) is 3.86. The Morgan fingerprint density at radius 2 is 1.79 bits per heavy atom. The molecule has 4 aromatic rings. The zero-order valence-electron chi connectivity index (χ0n) is 15.7. The largest absolute Gasteiger partial charge is 0.364 e. The van der Waals surface area contributed by atoms with E-state index in [2.05, 4.69) is 10.1 Å². The van der Waals surface area contributed by atoms with Gasteiger partial charge in [-0.1, -0.05) is 54.1 Å². The zero-order valence-corrected chi connectivity index (χ0v) is 16.5. The van der Waals surface area contributed by atoms with Crippen molar-refractivity contribution in [3.8, 4) is 0 Å². The molecule has 0 aliphatic heterocycles. The van der Waals surface area contributed by atoms with Crippen LogP contribution in [0.2, 0.25) is 5.02 Å². The predicted molar refractivity (Wildman–Crippen MR) is 112 cm³/mol. The second-order valence-corrected chi connectivity index (χ2v) is 7.10. The number of imidazole rings is 1. The molecule has 4 rings (SSSR count). The van der Waals surface area contributed by atoms with Gasteiger partial charge in [0.1, 0.15) is 10.8 Å². The summed E-state index contributed by atoms with van der Waals surface area (Å²) in [5.41, 5.74) is 3.28. The first-order chi connectivity index (χ1) is 13.5. The SMILES string of the molecule is CN(Cc1nc2ccccc2n1C)c1cnn(Cc2ccccc2)c(=O)c1Cl. The summed E-state index contributed by atoms with van der Waals surface area (Å²) >= 11 is 6.40. The lowest BCUT2D eigenvalue weighted by atomic mass is 10.2. The minimum atomic E-state index is -0.306. The van der Waals surface area contributed by atoms with E-state index in [1.165, 1.54) is 4.68 Å². The number of fused-ring (bicyclic) bond motifs is 1. The topological polar surface area (TPSA) is 56.0 Å². The van der Waals surface area contributed by atoms with E-state index >= 15 is 0 Å². The molecule has 142 valence electrons. The fourth-order valence-corrected chi connectivity index (χ4v) is 3.52. The number of rotatable bonds is 5. The van der Waals surface area contributed by atoms with Crippen LogP contribution in [0.25, 0.3) is 11.0 Å². The van der Waals surface area contributed by atoms with Gasteiger partial charge in [0.15, 0.2) is 0 Å². The Kier molecular flexibility index (Phi) is 4.88. The number of halogens is 1.